The quantitative estimate of drug-likeness (QED) is 0.800. The van der Waals surface area contributed by atoms with Gasteiger partial charge < -0.3 is 11.1 Å². The largest absolute Gasteiger partial charge is 0.399 e. The minimum atomic E-state index is -0.154. The van der Waals surface area contributed by atoms with Crippen LogP contribution in [0.3, 0.4) is 0 Å². The van der Waals surface area contributed by atoms with Crippen molar-refractivity contribution in [3.8, 4) is 0 Å². The van der Waals surface area contributed by atoms with E-state index >= 15 is 0 Å². The summed E-state index contributed by atoms with van der Waals surface area (Å²) in [7, 11) is 0. The number of nitrogens with two attached hydrogens (primary N) is 1. The summed E-state index contributed by atoms with van der Waals surface area (Å²) >= 11 is 0. The van der Waals surface area contributed by atoms with Crippen LogP contribution in [0.1, 0.15) is 30.6 Å². The van der Waals surface area contributed by atoms with Gasteiger partial charge in [0.1, 0.15) is 0 Å². The Morgan fingerprint density at radius 3 is 2.26 bits per heavy atom. The monoisotopic (exact) mass is 256 g/mol. The number of anilines is 2. The fourth-order valence-electron chi connectivity index (χ4n) is 1.40. The van der Waals surface area contributed by atoms with E-state index in [1.54, 1.807) is 24.3 Å². The van der Waals surface area contributed by atoms with E-state index in [4.69, 9.17) is 5.73 Å². The van der Waals surface area contributed by atoms with Crippen molar-refractivity contribution in [2.75, 3.05) is 11.1 Å². The van der Waals surface area contributed by atoms with Gasteiger partial charge in [-0.3, -0.25) is 4.79 Å². The highest BCUT2D eigenvalue weighted by atomic mass is 16.1. The van der Waals surface area contributed by atoms with Crippen molar-refractivity contribution in [1.82, 2.24) is 0 Å². The molecule has 0 radical (unpaired) electrons. The number of amides is 1. The summed E-state index contributed by atoms with van der Waals surface area (Å²) in [5.74, 6) is -0.154. The number of carbonyl (C=O) groups is 1. The molecule has 2 aromatic carbocycles. The highest BCUT2D eigenvalue weighted by Crippen LogP contribution is 2.10. The maximum absolute atomic E-state index is 11.8. The van der Waals surface area contributed by atoms with E-state index in [0.29, 0.717) is 11.3 Å². The van der Waals surface area contributed by atoms with Crippen LogP contribution in [0.2, 0.25) is 0 Å². The molecular weight excluding hydrogens is 236 g/mol. The molecule has 3 N–H and O–H groups in total. The first-order valence-corrected chi connectivity index (χ1v) is 6.39. The van der Waals surface area contributed by atoms with E-state index in [-0.39, 0.29) is 5.91 Å². The molecule has 0 heterocycles. The first-order valence-electron chi connectivity index (χ1n) is 6.39. The Morgan fingerprint density at radius 2 is 1.68 bits per heavy atom. The summed E-state index contributed by atoms with van der Waals surface area (Å²) in [6.07, 6.45) is 1.25. The average Bonchev–Trinajstić information content (AvgIpc) is 2.41. The van der Waals surface area contributed by atoms with E-state index in [9.17, 15) is 4.79 Å². The lowest BCUT2D eigenvalue weighted by molar-refractivity contribution is 0.102. The zero-order valence-electron chi connectivity index (χ0n) is 11.4. The summed E-state index contributed by atoms with van der Waals surface area (Å²) in [4.78, 5) is 11.8. The van der Waals surface area contributed by atoms with Gasteiger partial charge in [0.2, 0.25) is 0 Å². The number of para-hydroxylation sites is 1. The second-order valence-electron chi connectivity index (χ2n) is 4.15. The van der Waals surface area contributed by atoms with Gasteiger partial charge in [0, 0.05) is 16.9 Å². The Hall–Kier alpha value is -2.29. The second kappa shape index (κ2) is 7.93. The lowest BCUT2D eigenvalue weighted by Crippen LogP contribution is -2.11. The SMILES string of the molecule is CCC.Nc1cccc(C(=O)Nc2ccccc2)c1. The lowest BCUT2D eigenvalue weighted by Gasteiger charge is -2.05. The molecular formula is C16H20N2O. The number of rotatable bonds is 2. The van der Waals surface area contributed by atoms with Crippen LogP contribution in [0.25, 0.3) is 0 Å². The zero-order valence-corrected chi connectivity index (χ0v) is 11.4. The predicted molar refractivity (Wildman–Crippen MR) is 81.2 cm³/mol. The van der Waals surface area contributed by atoms with Gasteiger partial charge in [-0.25, -0.2) is 0 Å². The highest BCUT2D eigenvalue weighted by molar-refractivity contribution is 6.04. The molecule has 0 saturated heterocycles. The van der Waals surface area contributed by atoms with Crippen LogP contribution in [-0.4, -0.2) is 5.91 Å². The van der Waals surface area contributed by atoms with Crippen molar-refractivity contribution < 1.29 is 4.79 Å². The molecule has 0 aliphatic rings. The standard InChI is InChI=1S/C13H12N2O.C3H8/c14-11-6-4-5-10(9-11)13(16)15-12-7-2-1-3-8-12;1-3-2/h1-9H,14H2,(H,15,16);3H2,1-2H3. The van der Waals surface area contributed by atoms with Crippen LogP contribution < -0.4 is 11.1 Å². The minimum absolute atomic E-state index is 0.154. The third kappa shape index (κ3) is 5.25. The van der Waals surface area contributed by atoms with E-state index < -0.39 is 0 Å². The molecule has 0 unspecified atom stereocenters. The molecule has 0 aliphatic carbocycles. The maximum Gasteiger partial charge on any atom is 0.255 e. The van der Waals surface area contributed by atoms with Crippen molar-refractivity contribution >= 4 is 17.3 Å². The number of carbonyl (C=O) groups excluding carboxylic acids is 1. The molecule has 2 aromatic rings. The van der Waals surface area contributed by atoms with E-state index in [0.717, 1.165) is 5.69 Å². The smallest absolute Gasteiger partial charge is 0.255 e. The number of nitrogens with one attached hydrogen (secondary N) is 1. The summed E-state index contributed by atoms with van der Waals surface area (Å²) in [6.45, 7) is 4.25. The molecule has 0 saturated carbocycles. The van der Waals surface area contributed by atoms with Gasteiger partial charge in [-0.2, -0.15) is 0 Å². The van der Waals surface area contributed by atoms with Crippen LogP contribution in [-0.2, 0) is 0 Å². The third-order valence-electron chi connectivity index (χ3n) is 2.18. The van der Waals surface area contributed by atoms with E-state index in [1.165, 1.54) is 6.42 Å². The van der Waals surface area contributed by atoms with Gasteiger partial charge in [-0.15, -0.1) is 0 Å². The van der Waals surface area contributed by atoms with Crippen LogP contribution >= 0.6 is 0 Å². The zero-order chi connectivity index (χ0) is 14.1. The Morgan fingerprint density at radius 1 is 1.05 bits per heavy atom. The lowest BCUT2D eigenvalue weighted by atomic mass is 10.2. The van der Waals surface area contributed by atoms with Crippen molar-refractivity contribution in [2.24, 2.45) is 0 Å². The molecule has 3 heteroatoms. The molecule has 19 heavy (non-hydrogen) atoms. The van der Waals surface area contributed by atoms with Crippen LogP contribution in [0, 0.1) is 0 Å². The van der Waals surface area contributed by atoms with Crippen molar-refractivity contribution in [1.29, 1.82) is 0 Å². The first kappa shape index (κ1) is 14.8. The van der Waals surface area contributed by atoms with Crippen molar-refractivity contribution in [2.45, 2.75) is 20.3 Å². The number of nitrogen functional groups attached to an aromatic ring is 1. The molecule has 0 fully saturated rings. The Kier molecular flexibility index (Phi) is 6.16. The van der Waals surface area contributed by atoms with Gasteiger partial charge in [0.05, 0.1) is 0 Å². The second-order valence-corrected chi connectivity index (χ2v) is 4.15. The number of benzene rings is 2. The van der Waals surface area contributed by atoms with Gasteiger partial charge in [-0.1, -0.05) is 44.5 Å². The molecule has 0 aromatic heterocycles. The summed E-state index contributed by atoms with van der Waals surface area (Å²) in [6, 6.07) is 16.2. The number of hydrogen-bond acceptors (Lipinski definition) is 2. The summed E-state index contributed by atoms with van der Waals surface area (Å²) < 4.78 is 0. The summed E-state index contributed by atoms with van der Waals surface area (Å²) in [5.41, 5.74) is 7.53. The first-order chi connectivity index (χ1) is 9.17. The molecule has 0 aliphatic heterocycles. The van der Waals surface area contributed by atoms with Crippen LogP contribution in [0.4, 0.5) is 11.4 Å². The topological polar surface area (TPSA) is 55.1 Å². The van der Waals surface area contributed by atoms with Crippen LogP contribution in [0.15, 0.2) is 54.6 Å². The van der Waals surface area contributed by atoms with Crippen molar-refractivity contribution in [3.05, 3.63) is 60.2 Å². The van der Waals surface area contributed by atoms with E-state index in [2.05, 4.69) is 19.2 Å². The molecule has 1 amide bonds. The Labute approximate surface area is 114 Å². The number of hydrogen-bond donors (Lipinski definition) is 2. The molecule has 2 rings (SSSR count). The Bertz CT molecular complexity index is 509. The fourth-order valence-corrected chi connectivity index (χ4v) is 1.40. The molecule has 0 bridgehead atoms. The molecule has 0 atom stereocenters. The van der Waals surface area contributed by atoms with Gasteiger partial charge in [0.25, 0.3) is 5.91 Å². The average molecular weight is 256 g/mol. The molecule has 100 valence electrons. The van der Waals surface area contributed by atoms with Gasteiger partial charge in [-0.05, 0) is 30.3 Å². The van der Waals surface area contributed by atoms with Crippen LogP contribution in [0.5, 0.6) is 0 Å². The minimum Gasteiger partial charge on any atom is -0.399 e. The maximum atomic E-state index is 11.8. The predicted octanol–water partition coefficient (Wildman–Crippen LogP) is 3.94. The fraction of sp³-hybridized carbons (Fsp3) is 0.188. The molecule has 3 nitrogen and oxygen atoms in total. The highest BCUT2D eigenvalue weighted by Gasteiger charge is 2.05. The van der Waals surface area contributed by atoms with E-state index in [1.807, 2.05) is 30.3 Å². The Balaban J connectivity index is 0.000000550. The third-order valence-corrected chi connectivity index (χ3v) is 2.18. The van der Waals surface area contributed by atoms with Crippen molar-refractivity contribution in [3.63, 3.8) is 0 Å². The summed E-state index contributed by atoms with van der Waals surface area (Å²) in [5, 5.41) is 2.79. The molecule has 0 spiro atoms. The normalized spacial score (nSPS) is 9.16. The van der Waals surface area contributed by atoms with Gasteiger partial charge >= 0.3 is 0 Å². The van der Waals surface area contributed by atoms with Gasteiger partial charge in [0.15, 0.2) is 0 Å².